The molecule has 1 N–H and O–H groups in total. The van der Waals surface area contributed by atoms with E-state index in [0.29, 0.717) is 18.7 Å². The summed E-state index contributed by atoms with van der Waals surface area (Å²) in [7, 11) is 2.00. The Morgan fingerprint density at radius 3 is 2.57 bits per heavy atom. The second kappa shape index (κ2) is 7.36. The third-order valence-corrected chi connectivity index (χ3v) is 3.95. The summed E-state index contributed by atoms with van der Waals surface area (Å²) in [5.41, 5.74) is 2.06. The number of hydrogen-bond donors (Lipinski definition) is 1. The highest BCUT2D eigenvalue weighted by atomic mass is 16.4. The highest BCUT2D eigenvalue weighted by molar-refractivity contribution is 5.70. The number of hydrogen-bond acceptors (Lipinski definition) is 4. The van der Waals surface area contributed by atoms with Crippen LogP contribution in [0.15, 0.2) is 4.79 Å². The maximum atomic E-state index is 12.1. The molecule has 0 fully saturated rings. The number of rotatable bonds is 7. The van der Waals surface area contributed by atoms with Crippen molar-refractivity contribution in [3.05, 3.63) is 27.4 Å². The van der Waals surface area contributed by atoms with Crippen LogP contribution < -0.4 is 5.69 Å². The molecule has 0 saturated carbocycles. The van der Waals surface area contributed by atoms with E-state index in [2.05, 4.69) is 16.8 Å². The van der Waals surface area contributed by atoms with E-state index in [1.54, 1.807) is 18.4 Å². The maximum absolute atomic E-state index is 12.1. The summed E-state index contributed by atoms with van der Waals surface area (Å²) in [5, 5.41) is 9.06. The van der Waals surface area contributed by atoms with Gasteiger partial charge in [0, 0.05) is 24.5 Å². The highest BCUT2D eigenvalue weighted by Gasteiger charge is 2.18. The van der Waals surface area contributed by atoms with E-state index in [1.165, 1.54) is 0 Å². The van der Waals surface area contributed by atoms with Crippen molar-refractivity contribution in [2.75, 3.05) is 20.1 Å². The van der Waals surface area contributed by atoms with Crippen LogP contribution in [0.4, 0.5) is 0 Å². The summed E-state index contributed by atoms with van der Waals surface area (Å²) in [6.07, 6.45) is 0.393. The zero-order chi connectivity index (χ0) is 16.2. The zero-order valence-corrected chi connectivity index (χ0v) is 13.5. The lowest BCUT2D eigenvalue weighted by Crippen LogP contribution is -2.33. The van der Waals surface area contributed by atoms with Gasteiger partial charge in [0.2, 0.25) is 0 Å². The summed E-state index contributed by atoms with van der Waals surface area (Å²) in [6.45, 7) is 9.60. The SMILES string of the molecule is CCN(C)CCn1c(C)c(CC(C)C(=O)O)c(C)nc1=O. The molecule has 0 radical (unpaired) electrons. The summed E-state index contributed by atoms with van der Waals surface area (Å²) < 4.78 is 1.64. The Kier molecular flexibility index (Phi) is 6.08. The minimum Gasteiger partial charge on any atom is -0.481 e. The molecule has 0 aliphatic heterocycles. The first-order valence-corrected chi connectivity index (χ1v) is 7.26. The number of aryl methyl sites for hydroxylation is 1. The molecule has 0 aliphatic rings. The molecule has 1 rings (SSSR count). The van der Waals surface area contributed by atoms with Gasteiger partial charge in [-0.15, -0.1) is 0 Å². The van der Waals surface area contributed by atoms with Crippen LogP contribution in [-0.4, -0.2) is 45.7 Å². The van der Waals surface area contributed by atoms with Crippen LogP contribution in [0.3, 0.4) is 0 Å². The number of carboxylic acids is 1. The predicted molar refractivity (Wildman–Crippen MR) is 81.6 cm³/mol. The van der Waals surface area contributed by atoms with Gasteiger partial charge in [0.1, 0.15) is 0 Å². The molecule has 0 spiro atoms. The molecular weight excluding hydrogens is 270 g/mol. The van der Waals surface area contributed by atoms with Gasteiger partial charge < -0.3 is 10.0 Å². The Balaban J connectivity index is 3.10. The van der Waals surface area contributed by atoms with Crippen molar-refractivity contribution >= 4 is 5.97 Å². The maximum Gasteiger partial charge on any atom is 0.348 e. The van der Waals surface area contributed by atoms with E-state index in [9.17, 15) is 9.59 Å². The number of likely N-dealkylation sites (N-methyl/N-ethyl adjacent to an activating group) is 1. The lowest BCUT2D eigenvalue weighted by molar-refractivity contribution is -0.141. The molecule has 0 aromatic carbocycles. The highest BCUT2D eigenvalue weighted by Crippen LogP contribution is 2.15. The summed E-state index contributed by atoms with van der Waals surface area (Å²) in [6, 6.07) is 0. The standard InChI is InChI=1S/C15H25N3O3/c1-6-17(5)7-8-18-12(4)13(9-10(2)14(19)20)11(3)16-15(18)21/h10H,6-9H2,1-5H3,(H,19,20). The number of carboxylic acid groups (broad SMARTS) is 1. The van der Waals surface area contributed by atoms with E-state index in [1.807, 2.05) is 14.0 Å². The van der Waals surface area contributed by atoms with Gasteiger partial charge in [0.25, 0.3) is 0 Å². The molecular formula is C15H25N3O3. The largest absolute Gasteiger partial charge is 0.481 e. The van der Waals surface area contributed by atoms with Crippen molar-refractivity contribution in [1.29, 1.82) is 0 Å². The molecule has 6 nitrogen and oxygen atoms in total. The Morgan fingerprint density at radius 2 is 2.05 bits per heavy atom. The molecule has 21 heavy (non-hydrogen) atoms. The molecule has 1 atom stereocenters. The number of aliphatic carboxylic acids is 1. The molecule has 0 bridgehead atoms. The monoisotopic (exact) mass is 295 g/mol. The van der Waals surface area contributed by atoms with Gasteiger partial charge in [-0.3, -0.25) is 9.36 Å². The molecule has 0 saturated heterocycles. The van der Waals surface area contributed by atoms with Gasteiger partial charge in [-0.05, 0) is 39.4 Å². The van der Waals surface area contributed by atoms with Crippen LogP contribution in [0.1, 0.15) is 30.8 Å². The summed E-state index contributed by atoms with van der Waals surface area (Å²) >= 11 is 0. The Morgan fingerprint density at radius 1 is 1.43 bits per heavy atom. The van der Waals surface area contributed by atoms with Crippen LogP contribution in [0.5, 0.6) is 0 Å². The van der Waals surface area contributed by atoms with Crippen molar-refractivity contribution < 1.29 is 9.90 Å². The fourth-order valence-corrected chi connectivity index (χ4v) is 2.22. The Hall–Kier alpha value is -1.69. The van der Waals surface area contributed by atoms with Gasteiger partial charge in [-0.2, -0.15) is 4.98 Å². The van der Waals surface area contributed by atoms with E-state index in [-0.39, 0.29) is 5.69 Å². The Labute approximate surface area is 125 Å². The molecule has 6 heteroatoms. The average molecular weight is 295 g/mol. The van der Waals surface area contributed by atoms with E-state index >= 15 is 0 Å². The molecule has 1 aromatic heterocycles. The third-order valence-electron chi connectivity index (χ3n) is 3.95. The summed E-state index contributed by atoms with van der Waals surface area (Å²) in [5.74, 6) is -1.33. The minimum atomic E-state index is -0.836. The van der Waals surface area contributed by atoms with E-state index in [4.69, 9.17) is 5.11 Å². The van der Waals surface area contributed by atoms with Gasteiger partial charge in [0.05, 0.1) is 5.92 Å². The first-order valence-electron chi connectivity index (χ1n) is 7.26. The number of nitrogens with zero attached hydrogens (tertiary/aromatic N) is 3. The topological polar surface area (TPSA) is 75.4 Å². The van der Waals surface area contributed by atoms with Crippen LogP contribution >= 0.6 is 0 Å². The Bertz CT molecular complexity index is 566. The quantitative estimate of drug-likeness (QED) is 0.814. The second-order valence-corrected chi connectivity index (χ2v) is 5.53. The predicted octanol–water partition coefficient (Wildman–Crippen LogP) is 1.08. The van der Waals surface area contributed by atoms with Gasteiger partial charge in [-0.1, -0.05) is 13.8 Å². The van der Waals surface area contributed by atoms with E-state index < -0.39 is 11.9 Å². The first kappa shape index (κ1) is 17.4. The van der Waals surface area contributed by atoms with E-state index in [0.717, 1.165) is 24.3 Å². The van der Waals surface area contributed by atoms with Crippen molar-refractivity contribution in [3.8, 4) is 0 Å². The molecule has 0 amide bonds. The molecule has 118 valence electrons. The van der Waals surface area contributed by atoms with Crippen LogP contribution in [0.25, 0.3) is 0 Å². The van der Waals surface area contributed by atoms with Gasteiger partial charge in [0.15, 0.2) is 0 Å². The van der Waals surface area contributed by atoms with Crippen molar-refractivity contribution in [2.45, 2.75) is 40.7 Å². The van der Waals surface area contributed by atoms with Gasteiger partial charge in [-0.25, -0.2) is 4.79 Å². The fourth-order valence-electron chi connectivity index (χ4n) is 2.22. The minimum absolute atomic E-state index is 0.263. The zero-order valence-electron chi connectivity index (χ0n) is 13.5. The number of aromatic nitrogens is 2. The van der Waals surface area contributed by atoms with Crippen LogP contribution in [-0.2, 0) is 17.8 Å². The number of carbonyl (C=O) groups is 1. The normalized spacial score (nSPS) is 12.7. The lowest BCUT2D eigenvalue weighted by atomic mass is 9.99. The molecule has 0 aliphatic carbocycles. The average Bonchev–Trinajstić information content (AvgIpc) is 2.42. The second-order valence-electron chi connectivity index (χ2n) is 5.53. The lowest BCUT2D eigenvalue weighted by Gasteiger charge is -2.19. The first-order chi connectivity index (χ1) is 9.77. The van der Waals surface area contributed by atoms with Crippen molar-refractivity contribution in [3.63, 3.8) is 0 Å². The van der Waals surface area contributed by atoms with Crippen LogP contribution in [0.2, 0.25) is 0 Å². The fraction of sp³-hybridized carbons (Fsp3) is 0.667. The molecule has 1 heterocycles. The van der Waals surface area contributed by atoms with Gasteiger partial charge >= 0.3 is 11.7 Å². The van der Waals surface area contributed by atoms with Crippen LogP contribution in [0, 0.1) is 19.8 Å². The third kappa shape index (κ3) is 4.39. The summed E-state index contributed by atoms with van der Waals surface area (Å²) in [4.78, 5) is 29.2. The molecule has 1 unspecified atom stereocenters. The molecule has 1 aromatic rings. The van der Waals surface area contributed by atoms with Crippen molar-refractivity contribution in [1.82, 2.24) is 14.5 Å². The van der Waals surface area contributed by atoms with Crippen molar-refractivity contribution in [2.24, 2.45) is 5.92 Å². The smallest absolute Gasteiger partial charge is 0.348 e.